The molecule has 1 aliphatic carbocycles. The summed E-state index contributed by atoms with van der Waals surface area (Å²) in [6.45, 7) is 3.28. The maximum absolute atomic E-state index is 12.8. The van der Waals surface area contributed by atoms with Crippen molar-refractivity contribution in [1.29, 1.82) is 0 Å². The molecule has 0 spiro atoms. The van der Waals surface area contributed by atoms with E-state index in [0.717, 1.165) is 57.8 Å². The van der Waals surface area contributed by atoms with E-state index >= 15 is 0 Å². The fraction of sp³-hybridized carbons (Fsp3) is 0.872. The predicted molar refractivity (Wildman–Crippen MR) is 240 cm³/mol. The summed E-state index contributed by atoms with van der Waals surface area (Å²) < 4.78 is 33.5. The Labute approximate surface area is 368 Å². The standard InChI is InChI=1S/C47H87O13P/c1-3-5-7-9-11-13-15-17-18-19-20-21-22-24-26-28-30-32-34-36-41(49)59-39(38-58-61(55,56)60-47-45(53)43(51)42(50)44(52)46(47)54)37-57-40(48)35-33-31-29-27-25-23-16-14-12-10-8-6-4-2/h17-18,23,25,39,42-47,50-54H,3-16,19-22,24,26-38H2,1-2H3,(H,55,56)/b18-17+,25-23+/t39-,42?,43+,44?,45?,46?,47?/m1/s1. The minimum atomic E-state index is -5.12. The first-order valence-electron chi connectivity index (χ1n) is 24.1. The fourth-order valence-corrected chi connectivity index (χ4v) is 8.31. The van der Waals surface area contributed by atoms with Gasteiger partial charge in [0.1, 0.15) is 43.2 Å². The van der Waals surface area contributed by atoms with E-state index in [1.807, 2.05) is 0 Å². The van der Waals surface area contributed by atoms with Gasteiger partial charge in [-0.25, -0.2) is 4.57 Å². The number of carbonyl (C=O) groups is 2. The first-order valence-corrected chi connectivity index (χ1v) is 25.6. The summed E-state index contributed by atoms with van der Waals surface area (Å²) in [7, 11) is -5.12. The van der Waals surface area contributed by atoms with Gasteiger partial charge < -0.3 is 39.9 Å². The van der Waals surface area contributed by atoms with Crippen molar-refractivity contribution in [3.8, 4) is 0 Å². The molecule has 1 fully saturated rings. The Morgan fingerprint density at radius 2 is 0.836 bits per heavy atom. The minimum absolute atomic E-state index is 0.0933. The molecule has 0 saturated heterocycles. The molecule has 1 saturated carbocycles. The smallest absolute Gasteiger partial charge is 0.462 e. The molecule has 358 valence electrons. The van der Waals surface area contributed by atoms with Gasteiger partial charge in [-0.15, -0.1) is 0 Å². The lowest BCUT2D eigenvalue weighted by molar-refractivity contribution is -0.220. The van der Waals surface area contributed by atoms with Crippen molar-refractivity contribution in [2.24, 2.45) is 0 Å². The van der Waals surface area contributed by atoms with Gasteiger partial charge in [0.15, 0.2) is 6.10 Å². The summed E-state index contributed by atoms with van der Waals surface area (Å²) >= 11 is 0. The summed E-state index contributed by atoms with van der Waals surface area (Å²) in [5.41, 5.74) is 0. The highest BCUT2D eigenvalue weighted by molar-refractivity contribution is 7.47. The molecule has 14 heteroatoms. The van der Waals surface area contributed by atoms with Crippen LogP contribution in [0, 0.1) is 0 Å². The number of hydrogen-bond donors (Lipinski definition) is 6. The van der Waals surface area contributed by atoms with Gasteiger partial charge in [-0.1, -0.05) is 154 Å². The van der Waals surface area contributed by atoms with Crippen LogP contribution < -0.4 is 0 Å². The van der Waals surface area contributed by atoms with Crippen molar-refractivity contribution in [3.63, 3.8) is 0 Å². The average molecular weight is 891 g/mol. The first-order chi connectivity index (χ1) is 29.4. The van der Waals surface area contributed by atoms with E-state index < -0.39 is 75.7 Å². The zero-order valence-corrected chi connectivity index (χ0v) is 38.9. The lowest BCUT2D eigenvalue weighted by atomic mass is 9.85. The number of aliphatic hydroxyl groups is 5. The van der Waals surface area contributed by atoms with Crippen molar-refractivity contribution >= 4 is 19.8 Å². The molecule has 0 bridgehead atoms. The zero-order valence-electron chi connectivity index (χ0n) is 38.0. The van der Waals surface area contributed by atoms with Crippen LogP contribution >= 0.6 is 7.82 Å². The number of allylic oxidation sites excluding steroid dienone is 4. The number of ether oxygens (including phenoxy) is 2. The third kappa shape index (κ3) is 30.2. The largest absolute Gasteiger partial charge is 0.472 e. The fourth-order valence-electron chi connectivity index (χ4n) is 7.34. The Bertz CT molecular complexity index is 1170. The molecule has 0 heterocycles. The third-order valence-corrected chi connectivity index (χ3v) is 12.3. The number of carbonyl (C=O) groups excluding carboxylic acids is 2. The Morgan fingerprint density at radius 3 is 1.26 bits per heavy atom. The SMILES string of the molecule is CCCCCCCC/C=C/CCCCCCCCCCCC(=O)O[C@H](COC(=O)CCCCC/C=C/CCCCCCCC)COP(=O)(O)OC1C(O)C(O)C(O)[C@H](O)C1O. The summed E-state index contributed by atoms with van der Waals surface area (Å²) in [6.07, 6.45) is 28.0. The van der Waals surface area contributed by atoms with E-state index in [4.69, 9.17) is 18.5 Å². The van der Waals surface area contributed by atoms with E-state index in [9.17, 15) is 44.6 Å². The molecular weight excluding hydrogens is 803 g/mol. The zero-order chi connectivity index (χ0) is 45.0. The number of aliphatic hydroxyl groups excluding tert-OH is 5. The summed E-state index contributed by atoms with van der Waals surface area (Å²) in [5.74, 6) is -1.11. The highest BCUT2D eigenvalue weighted by Gasteiger charge is 2.51. The molecule has 0 aromatic rings. The molecule has 0 aliphatic heterocycles. The summed E-state index contributed by atoms with van der Waals surface area (Å²) in [6, 6.07) is 0. The molecule has 1 aliphatic rings. The van der Waals surface area contributed by atoms with Gasteiger partial charge >= 0.3 is 19.8 Å². The van der Waals surface area contributed by atoms with Crippen molar-refractivity contribution in [3.05, 3.63) is 24.3 Å². The number of esters is 2. The molecular formula is C47H87O13P. The second-order valence-electron chi connectivity index (χ2n) is 17.0. The number of phosphoric ester groups is 1. The summed E-state index contributed by atoms with van der Waals surface area (Å²) in [5, 5.41) is 50.2. The Morgan fingerprint density at radius 1 is 0.492 bits per heavy atom. The molecule has 13 nitrogen and oxygen atoms in total. The maximum atomic E-state index is 12.8. The van der Waals surface area contributed by atoms with Gasteiger partial charge in [0.05, 0.1) is 6.61 Å². The van der Waals surface area contributed by atoms with Crippen molar-refractivity contribution in [2.45, 2.75) is 249 Å². The minimum Gasteiger partial charge on any atom is -0.462 e. The number of hydrogen-bond acceptors (Lipinski definition) is 12. The maximum Gasteiger partial charge on any atom is 0.472 e. The van der Waals surface area contributed by atoms with Crippen LogP contribution in [-0.2, 0) is 32.7 Å². The Balaban J connectivity index is 2.43. The second kappa shape index (κ2) is 37.7. The van der Waals surface area contributed by atoms with E-state index in [1.165, 1.54) is 109 Å². The molecule has 0 amide bonds. The molecule has 61 heavy (non-hydrogen) atoms. The lowest BCUT2D eigenvalue weighted by Gasteiger charge is -2.41. The van der Waals surface area contributed by atoms with Gasteiger partial charge in [0.2, 0.25) is 0 Å². The van der Waals surface area contributed by atoms with Crippen LogP contribution in [0.25, 0.3) is 0 Å². The van der Waals surface area contributed by atoms with Gasteiger partial charge in [-0.05, 0) is 64.2 Å². The molecule has 0 radical (unpaired) electrons. The van der Waals surface area contributed by atoms with Gasteiger partial charge in [-0.3, -0.25) is 18.6 Å². The Kier molecular flexibility index (Phi) is 35.4. The molecule has 0 aromatic carbocycles. The van der Waals surface area contributed by atoms with Crippen LogP contribution in [0.5, 0.6) is 0 Å². The van der Waals surface area contributed by atoms with E-state index in [1.54, 1.807) is 0 Å². The van der Waals surface area contributed by atoms with E-state index in [2.05, 4.69) is 38.2 Å². The number of phosphoric acid groups is 1. The van der Waals surface area contributed by atoms with Gasteiger partial charge in [0, 0.05) is 12.8 Å². The Hall–Kier alpha value is -1.67. The van der Waals surface area contributed by atoms with Crippen molar-refractivity contribution in [1.82, 2.24) is 0 Å². The van der Waals surface area contributed by atoms with Crippen LogP contribution in [0.3, 0.4) is 0 Å². The van der Waals surface area contributed by atoms with E-state index in [-0.39, 0.29) is 12.8 Å². The molecule has 6 N–H and O–H groups in total. The van der Waals surface area contributed by atoms with Crippen LogP contribution in [0.1, 0.15) is 206 Å². The van der Waals surface area contributed by atoms with E-state index in [0.29, 0.717) is 12.8 Å². The first kappa shape index (κ1) is 57.3. The van der Waals surface area contributed by atoms with Crippen molar-refractivity contribution in [2.75, 3.05) is 13.2 Å². The highest BCUT2D eigenvalue weighted by atomic mass is 31.2. The average Bonchev–Trinajstić information content (AvgIpc) is 3.24. The number of rotatable bonds is 40. The van der Waals surface area contributed by atoms with Crippen LogP contribution in [0.4, 0.5) is 0 Å². The van der Waals surface area contributed by atoms with Crippen LogP contribution in [0.15, 0.2) is 24.3 Å². The van der Waals surface area contributed by atoms with Gasteiger partial charge in [-0.2, -0.15) is 0 Å². The predicted octanol–water partition coefficient (Wildman–Crippen LogP) is 9.62. The van der Waals surface area contributed by atoms with Gasteiger partial charge in [0.25, 0.3) is 0 Å². The second-order valence-corrected chi connectivity index (χ2v) is 18.4. The number of unbranched alkanes of at least 4 members (excludes halogenated alkanes) is 24. The molecule has 0 aromatic heterocycles. The van der Waals surface area contributed by atoms with Crippen LogP contribution in [0.2, 0.25) is 0 Å². The molecule has 1 rings (SSSR count). The van der Waals surface area contributed by atoms with Crippen LogP contribution in [-0.4, -0.2) is 98.3 Å². The third-order valence-electron chi connectivity index (χ3n) is 11.3. The molecule has 8 atom stereocenters. The summed E-state index contributed by atoms with van der Waals surface area (Å²) in [4.78, 5) is 35.7. The normalized spacial score (nSPS) is 22.2. The topological polar surface area (TPSA) is 210 Å². The monoisotopic (exact) mass is 891 g/mol. The molecule has 6 unspecified atom stereocenters. The van der Waals surface area contributed by atoms with Crippen molar-refractivity contribution < 1.29 is 63.1 Å². The highest BCUT2D eigenvalue weighted by Crippen LogP contribution is 2.47. The lowest BCUT2D eigenvalue weighted by Crippen LogP contribution is -2.64. The quantitative estimate of drug-likeness (QED) is 0.0147.